The third-order valence-electron chi connectivity index (χ3n) is 1.38. The Hall–Kier alpha value is -1.51. The van der Waals surface area contributed by atoms with Gasteiger partial charge in [0.05, 0.1) is 0 Å². The molecule has 1 aromatic carbocycles. The minimum absolute atomic E-state index is 0.124. The number of nitrogens with one attached hydrogen (secondary N) is 1. The van der Waals surface area contributed by atoms with Crippen LogP contribution >= 0.6 is 0 Å². The van der Waals surface area contributed by atoms with Crippen molar-refractivity contribution < 1.29 is 4.79 Å². The summed E-state index contributed by atoms with van der Waals surface area (Å²) in [5.41, 5.74) is 0.785. The molecule has 0 aliphatic heterocycles. The third kappa shape index (κ3) is 2.27. The van der Waals surface area contributed by atoms with Crippen molar-refractivity contribution in [2.45, 2.75) is 0 Å². The molecule has 1 aromatic rings. The van der Waals surface area contributed by atoms with Gasteiger partial charge in [0.15, 0.2) is 0 Å². The summed E-state index contributed by atoms with van der Waals surface area (Å²) >= 11 is 0. The zero-order chi connectivity index (χ0) is 8.97. The van der Waals surface area contributed by atoms with Gasteiger partial charge in [0.25, 0.3) is 0 Å². The highest BCUT2D eigenvalue weighted by atomic mass is 16.2. The van der Waals surface area contributed by atoms with Crippen LogP contribution in [0.25, 0.3) is 0 Å². The summed E-state index contributed by atoms with van der Waals surface area (Å²) < 4.78 is 0. The second kappa shape index (κ2) is 3.76. The smallest absolute Gasteiger partial charge is 0.321 e. The van der Waals surface area contributed by atoms with E-state index in [0.29, 0.717) is 0 Å². The Kier molecular flexibility index (Phi) is 2.69. The fourth-order valence-electron chi connectivity index (χ4n) is 0.706. The van der Waals surface area contributed by atoms with Gasteiger partial charge in [-0.2, -0.15) is 0 Å². The van der Waals surface area contributed by atoms with Crippen molar-refractivity contribution in [3.63, 3.8) is 0 Å². The highest BCUT2D eigenvalue weighted by Gasteiger charge is 2.01. The van der Waals surface area contributed by atoms with E-state index in [1.807, 2.05) is 0 Å². The molecule has 1 radical (unpaired) electrons. The fourth-order valence-corrected chi connectivity index (χ4v) is 0.706. The number of urea groups is 1. The van der Waals surface area contributed by atoms with E-state index in [9.17, 15) is 4.79 Å². The highest BCUT2D eigenvalue weighted by Crippen LogP contribution is 2.04. The molecule has 3 heteroatoms. The maximum atomic E-state index is 11.1. The van der Waals surface area contributed by atoms with Crippen LogP contribution in [0.3, 0.4) is 0 Å². The lowest BCUT2D eigenvalue weighted by molar-refractivity contribution is 0.230. The Bertz CT molecular complexity index is 256. The Morgan fingerprint density at radius 3 is 2.50 bits per heavy atom. The van der Waals surface area contributed by atoms with Gasteiger partial charge < -0.3 is 10.2 Å². The molecule has 0 aliphatic carbocycles. The second-order valence-electron chi connectivity index (χ2n) is 2.61. The van der Waals surface area contributed by atoms with E-state index in [1.54, 1.807) is 38.4 Å². The van der Waals surface area contributed by atoms with Crippen LogP contribution in [0.4, 0.5) is 10.5 Å². The first-order valence-corrected chi connectivity index (χ1v) is 3.64. The first-order valence-electron chi connectivity index (χ1n) is 3.64. The number of carbonyl (C=O) groups is 1. The van der Waals surface area contributed by atoms with Crippen LogP contribution in [0.2, 0.25) is 0 Å². The molecular weight excluding hydrogens is 152 g/mol. The standard InChI is InChI=1S/C9H11N2O/c1-11(2)9(12)10-8-6-4-3-5-7-8/h4-7H,1-2H3,(H,10,12). The van der Waals surface area contributed by atoms with E-state index in [4.69, 9.17) is 0 Å². The molecule has 0 aromatic heterocycles. The summed E-state index contributed by atoms with van der Waals surface area (Å²) in [6.45, 7) is 0. The van der Waals surface area contributed by atoms with Crippen molar-refractivity contribution in [3.8, 4) is 0 Å². The molecule has 0 saturated heterocycles. The minimum atomic E-state index is -0.124. The zero-order valence-corrected chi connectivity index (χ0v) is 7.16. The van der Waals surface area contributed by atoms with E-state index in [2.05, 4.69) is 11.4 Å². The molecule has 2 amide bonds. The molecule has 0 atom stereocenters. The quantitative estimate of drug-likeness (QED) is 0.669. The van der Waals surface area contributed by atoms with Crippen molar-refractivity contribution in [2.24, 2.45) is 0 Å². The van der Waals surface area contributed by atoms with E-state index in [-0.39, 0.29) is 6.03 Å². The average molecular weight is 163 g/mol. The maximum Gasteiger partial charge on any atom is 0.321 e. The second-order valence-corrected chi connectivity index (χ2v) is 2.61. The first-order chi connectivity index (χ1) is 5.70. The predicted molar refractivity (Wildman–Crippen MR) is 48.0 cm³/mol. The number of hydrogen-bond donors (Lipinski definition) is 1. The lowest BCUT2D eigenvalue weighted by Gasteiger charge is -2.11. The van der Waals surface area contributed by atoms with Crippen molar-refractivity contribution in [1.29, 1.82) is 0 Å². The molecule has 0 unspecified atom stereocenters. The lowest BCUT2D eigenvalue weighted by atomic mass is 10.3. The Morgan fingerprint density at radius 1 is 1.42 bits per heavy atom. The summed E-state index contributed by atoms with van der Waals surface area (Å²) in [7, 11) is 3.40. The topological polar surface area (TPSA) is 32.3 Å². The lowest BCUT2D eigenvalue weighted by Crippen LogP contribution is -2.27. The number of hydrogen-bond acceptors (Lipinski definition) is 1. The van der Waals surface area contributed by atoms with Gasteiger partial charge in [0.1, 0.15) is 0 Å². The molecule has 0 spiro atoms. The van der Waals surface area contributed by atoms with Gasteiger partial charge in [-0.3, -0.25) is 0 Å². The molecule has 1 rings (SSSR count). The number of nitrogens with zero attached hydrogens (tertiary/aromatic N) is 1. The van der Waals surface area contributed by atoms with Gasteiger partial charge in [-0.05, 0) is 18.2 Å². The summed E-state index contributed by atoms with van der Waals surface area (Å²) in [4.78, 5) is 12.6. The highest BCUT2D eigenvalue weighted by molar-refractivity contribution is 5.88. The van der Waals surface area contributed by atoms with Crippen molar-refractivity contribution in [1.82, 2.24) is 4.90 Å². The number of anilines is 1. The molecule has 0 heterocycles. The van der Waals surface area contributed by atoms with Crippen molar-refractivity contribution >= 4 is 11.7 Å². The van der Waals surface area contributed by atoms with E-state index < -0.39 is 0 Å². The number of benzene rings is 1. The van der Waals surface area contributed by atoms with E-state index in [0.717, 1.165) is 5.69 Å². The molecule has 3 nitrogen and oxygen atoms in total. The Morgan fingerprint density at radius 2 is 2.00 bits per heavy atom. The van der Waals surface area contributed by atoms with Crippen LogP contribution in [0.5, 0.6) is 0 Å². The van der Waals surface area contributed by atoms with Crippen LogP contribution in [0, 0.1) is 6.07 Å². The molecule has 0 bridgehead atoms. The van der Waals surface area contributed by atoms with Crippen molar-refractivity contribution in [3.05, 3.63) is 30.3 Å². The van der Waals surface area contributed by atoms with Crippen LogP contribution in [-0.2, 0) is 0 Å². The molecule has 63 valence electrons. The summed E-state index contributed by atoms with van der Waals surface area (Å²) in [5.74, 6) is 0. The minimum Gasteiger partial charge on any atom is -0.331 e. The maximum absolute atomic E-state index is 11.1. The Labute approximate surface area is 72.0 Å². The van der Waals surface area contributed by atoms with Gasteiger partial charge in [-0.25, -0.2) is 4.79 Å². The molecule has 12 heavy (non-hydrogen) atoms. The fraction of sp³-hybridized carbons (Fsp3) is 0.222. The SMILES string of the molecule is CN(C)C(=O)Nc1cc[c]cc1. The van der Waals surface area contributed by atoms with Gasteiger partial charge in [0, 0.05) is 19.8 Å². The largest absolute Gasteiger partial charge is 0.331 e. The molecule has 0 saturated carbocycles. The normalized spacial score (nSPS) is 9.17. The predicted octanol–water partition coefficient (Wildman–Crippen LogP) is 1.58. The van der Waals surface area contributed by atoms with Crippen molar-refractivity contribution in [2.75, 3.05) is 19.4 Å². The summed E-state index contributed by atoms with van der Waals surface area (Å²) in [5, 5.41) is 2.71. The van der Waals surface area contributed by atoms with Gasteiger partial charge >= 0.3 is 6.03 Å². The zero-order valence-electron chi connectivity index (χ0n) is 7.16. The number of carbonyl (C=O) groups excluding carboxylic acids is 1. The van der Waals surface area contributed by atoms with Gasteiger partial charge in [-0.15, -0.1) is 0 Å². The summed E-state index contributed by atoms with van der Waals surface area (Å²) in [6.07, 6.45) is 0. The monoisotopic (exact) mass is 163 g/mol. The Balaban J connectivity index is 2.59. The summed E-state index contributed by atoms with van der Waals surface area (Å²) in [6, 6.07) is 9.84. The van der Waals surface area contributed by atoms with Crippen LogP contribution in [0.15, 0.2) is 24.3 Å². The van der Waals surface area contributed by atoms with Gasteiger partial charge in [-0.1, -0.05) is 12.1 Å². The molecule has 1 N–H and O–H groups in total. The molecular formula is C9H11N2O. The third-order valence-corrected chi connectivity index (χ3v) is 1.38. The van der Waals surface area contributed by atoms with Gasteiger partial charge in [0.2, 0.25) is 0 Å². The molecule has 0 fully saturated rings. The van der Waals surface area contributed by atoms with Crippen LogP contribution in [-0.4, -0.2) is 25.0 Å². The van der Waals surface area contributed by atoms with E-state index in [1.165, 1.54) is 4.90 Å². The van der Waals surface area contributed by atoms with E-state index >= 15 is 0 Å². The molecule has 0 aliphatic rings. The first kappa shape index (κ1) is 8.59. The average Bonchev–Trinajstić information content (AvgIpc) is 2.06. The van der Waals surface area contributed by atoms with Crippen LogP contribution < -0.4 is 5.32 Å². The number of amides is 2. The van der Waals surface area contributed by atoms with Crippen LogP contribution in [0.1, 0.15) is 0 Å². The number of rotatable bonds is 1.